The van der Waals surface area contributed by atoms with Gasteiger partial charge in [-0.25, -0.2) is 4.39 Å². The summed E-state index contributed by atoms with van der Waals surface area (Å²) >= 11 is 1.22. The zero-order valence-electron chi connectivity index (χ0n) is 23.6. The number of rotatable bonds is 8. The number of nitrogens with zero attached hydrogens (tertiary/aromatic N) is 5. The van der Waals surface area contributed by atoms with Crippen molar-refractivity contribution in [1.82, 2.24) is 19.6 Å². The molecule has 2 saturated heterocycles. The quantitative estimate of drug-likeness (QED) is 0.254. The number of primary amides is 1. The first kappa shape index (κ1) is 33.1. The van der Waals surface area contributed by atoms with E-state index in [0.717, 1.165) is 49.0 Å². The molecule has 2 aromatic heterocycles. The second-order valence-corrected chi connectivity index (χ2v) is 12.3. The predicted octanol–water partition coefficient (Wildman–Crippen LogP) is 3.91. The van der Waals surface area contributed by atoms with E-state index in [9.17, 15) is 18.8 Å². The third-order valence-corrected chi connectivity index (χ3v) is 8.76. The van der Waals surface area contributed by atoms with E-state index < -0.39 is 20.2 Å². The molecule has 0 bridgehead atoms. The Morgan fingerprint density at radius 3 is 2.55 bits per heavy atom. The van der Waals surface area contributed by atoms with Crippen LogP contribution in [0.3, 0.4) is 0 Å². The molecule has 3 amide bonds. The molecule has 3 aromatic rings. The number of nitriles is 1. The Bertz CT molecular complexity index is 1410. The van der Waals surface area contributed by atoms with Gasteiger partial charge >= 0.3 is 0 Å². The summed E-state index contributed by atoms with van der Waals surface area (Å²) in [5.41, 5.74) is 6.75. The second kappa shape index (κ2) is 15.7. The molecule has 1 unspecified atom stereocenters. The number of aryl methyl sites for hydroxylation is 1. The Morgan fingerprint density at radius 2 is 1.98 bits per heavy atom. The van der Waals surface area contributed by atoms with Crippen molar-refractivity contribution in [3.63, 3.8) is 0 Å². The lowest BCUT2D eigenvalue weighted by Crippen LogP contribution is -2.43. The highest BCUT2D eigenvalue weighted by atomic mass is 32.1. The summed E-state index contributed by atoms with van der Waals surface area (Å²) in [4.78, 5) is 54.4. The number of nitrogens with two attached hydrogens (primary N) is 1. The number of hydrogen-bond donors (Lipinski definition) is 3. The van der Waals surface area contributed by atoms with Gasteiger partial charge in [0.1, 0.15) is 6.07 Å². The van der Waals surface area contributed by atoms with Crippen molar-refractivity contribution in [2.24, 2.45) is 12.8 Å². The monoisotopic (exact) mass is 618 g/mol. The standard InChI is InChI=1S/C10H9FNO3PS.C9H10N4O.C9H17NO/c11-9(16(14)15)5-1-2-7-6(3-5)4-8(17-7)10(12)13;1-12-5-8(9(2-10)11-12)7-3-13(4-7)6-14;1-2-3-6-9(11)10-7-4-5-8-10/h1-4,9,14-15H,(H2,12,13);5-7H,3-4H2,1H3;2-8H2,1H3. The van der Waals surface area contributed by atoms with Crippen LogP contribution in [-0.4, -0.2) is 73.8 Å². The topological polar surface area (TPSA) is 166 Å². The maximum Gasteiger partial charge on any atom is 0.258 e. The smallest absolute Gasteiger partial charge is 0.258 e. The van der Waals surface area contributed by atoms with E-state index in [-0.39, 0.29) is 11.5 Å². The average Bonchev–Trinajstić information content (AvgIpc) is 3.71. The number of aromatic nitrogens is 2. The highest BCUT2D eigenvalue weighted by Crippen LogP contribution is 2.45. The van der Waals surface area contributed by atoms with Gasteiger partial charge in [0.05, 0.1) is 4.88 Å². The van der Waals surface area contributed by atoms with Gasteiger partial charge in [-0.3, -0.25) is 19.1 Å². The van der Waals surface area contributed by atoms with Gasteiger partial charge in [0.15, 0.2) is 11.6 Å². The lowest BCUT2D eigenvalue weighted by Gasteiger charge is -2.35. The van der Waals surface area contributed by atoms with Crippen LogP contribution in [0.2, 0.25) is 0 Å². The number of thiophene rings is 1. The minimum atomic E-state index is -2.65. The summed E-state index contributed by atoms with van der Waals surface area (Å²) in [5, 5.41) is 13.5. The fourth-order valence-corrected chi connectivity index (χ4v) is 5.93. The van der Waals surface area contributed by atoms with E-state index in [0.29, 0.717) is 35.0 Å². The fourth-order valence-electron chi connectivity index (χ4n) is 4.61. The number of hydrogen-bond acceptors (Lipinski definition) is 8. The number of likely N-dealkylation sites (tertiary alicyclic amines) is 2. The van der Waals surface area contributed by atoms with Gasteiger partial charge < -0.3 is 25.3 Å². The van der Waals surface area contributed by atoms with Crippen LogP contribution in [0.5, 0.6) is 0 Å². The van der Waals surface area contributed by atoms with Gasteiger partial charge in [-0.1, -0.05) is 19.4 Å². The Hall–Kier alpha value is -3.43. The third-order valence-electron chi connectivity index (χ3n) is 6.93. The Balaban J connectivity index is 0.000000177. The van der Waals surface area contributed by atoms with Crippen molar-refractivity contribution >= 4 is 48.0 Å². The van der Waals surface area contributed by atoms with Crippen molar-refractivity contribution < 1.29 is 28.6 Å². The first-order valence-corrected chi connectivity index (χ1v) is 15.8. The molecule has 0 radical (unpaired) electrons. The third kappa shape index (κ3) is 8.79. The number of unbranched alkanes of at least 4 members (excludes halogenated alkanes) is 1. The number of alkyl halides is 1. The highest BCUT2D eigenvalue weighted by Gasteiger charge is 2.30. The maximum atomic E-state index is 13.4. The zero-order chi connectivity index (χ0) is 30.8. The van der Waals surface area contributed by atoms with Gasteiger partial charge in [-0.2, -0.15) is 10.4 Å². The molecule has 2 fully saturated rings. The molecule has 4 heterocycles. The number of benzene rings is 1. The molecule has 0 saturated carbocycles. The van der Waals surface area contributed by atoms with Gasteiger partial charge in [-0.05, 0) is 48.4 Å². The Morgan fingerprint density at radius 1 is 1.29 bits per heavy atom. The largest absolute Gasteiger partial charge is 0.365 e. The summed E-state index contributed by atoms with van der Waals surface area (Å²) in [6, 6.07) is 8.22. The molecule has 4 N–H and O–H groups in total. The molecule has 226 valence electrons. The summed E-state index contributed by atoms with van der Waals surface area (Å²) in [7, 11) is -0.862. The van der Waals surface area contributed by atoms with E-state index in [1.54, 1.807) is 28.8 Å². The van der Waals surface area contributed by atoms with E-state index in [2.05, 4.69) is 18.1 Å². The lowest BCUT2D eigenvalue weighted by molar-refractivity contribution is -0.130. The number of halogens is 1. The minimum Gasteiger partial charge on any atom is -0.365 e. The van der Waals surface area contributed by atoms with Crippen molar-refractivity contribution in [3.05, 3.63) is 52.2 Å². The normalized spacial score (nSPS) is 15.3. The van der Waals surface area contributed by atoms with Gasteiger partial charge in [-0.15, -0.1) is 11.3 Å². The number of fused-ring (bicyclic) bond motifs is 1. The maximum absolute atomic E-state index is 13.4. The summed E-state index contributed by atoms with van der Waals surface area (Å²) in [5.74, 6) is -1.68. The van der Waals surface area contributed by atoms with Gasteiger partial charge in [0.2, 0.25) is 20.7 Å². The molecule has 1 atom stereocenters. The summed E-state index contributed by atoms with van der Waals surface area (Å²) in [6.07, 6.45) is 8.03. The van der Waals surface area contributed by atoms with Crippen molar-refractivity contribution in [2.75, 3.05) is 26.2 Å². The molecule has 14 heteroatoms. The van der Waals surface area contributed by atoms with E-state index >= 15 is 0 Å². The molecular formula is C28H36FN6O5PS. The molecule has 0 spiro atoms. The predicted molar refractivity (Wildman–Crippen MR) is 159 cm³/mol. The Kier molecular flexibility index (Phi) is 12.4. The van der Waals surface area contributed by atoms with Crippen LogP contribution >= 0.6 is 19.7 Å². The van der Waals surface area contributed by atoms with E-state index in [1.807, 2.05) is 11.1 Å². The van der Waals surface area contributed by atoms with Crippen LogP contribution in [0.1, 0.15) is 77.4 Å². The molecule has 2 aliphatic heterocycles. The molecule has 42 heavy (non-hydrogen) atoms. The molecule has 1 aromatic carbocycles. The zero-order valence-corrected chi connectivity index (χ0v) is 25.4. The summed E-state index contributed by atoms with van der Waals surface area (Å²) in [6.45, 7) is 5.52. The highest BCUT2D eigenvalue weighted by molar-refractivity contribution is 7.45. The van der Waals surface area contributed by atoms with E-state index in [1.165, 1.54) is 36.3 Å². The van der Waals surface area contributed by atoms with Gasteiger partial charge in [0, 0.05) is 62.0 Å². The van der Waals surface area contributed by atoms with Crippen LogP contribution in [0.25, 0.3) is 10.1 Å². The summed E-state index contributed by atoms with van der Waals surface area (Å²) < 4.78 is 15.8. The first-order valence-electron chi connectivity index (χ1n) is 13.6. The Labute approximate surface area is 249 Å². The van der Waals surface area contributed by atoms with Crippen molar-refractivity contribution in [2.45, 2.75) is 50.9 Å². The fraction of sp³-hybridized carbons (Fsp3) is 0.464. The van der Waals surface area contributed by atoms with Crippen molar-refractivity contribution in [3.8, 4) is 6.07 Å². The molecule has 11 nitrogen and oxygen atoms in total. The van der Waals surface area contributed by atoms with Crippen LogP contribution in [0.15, 0.2) is 30.5 Å². The number of carbonyl (C=O) groups is 3. The van der Waals surface area contributed by atoms with Crippen molar-refractivity contribution in [1.29, 1.82) is 5.26 Å². The molecule has 2 aliphatic rings. The lowest BCUT2D eigenvalue weighted by atomic mass is 9.93. The number of amides is 3. The van der Waals surface area contributed by atoms with Crippen LogP contribution < -0.4 is 5.73 Å². The average molecular weight is 619 g/mol. The second-order valence-electron chi connectivity index (χ2n) is 10.1. The first-order chi connectivity index (χ1) is 20.1. The number of carbonyl (C=O) groups excluding carboxylic acids is 3. The van der Waals surface area contributed by atoms with Crippen LogP contribution in [-0.2, 0) is 16.6 Å². The minimum absolute atomic E-state index is 0.183. The van der Waals surface area contributed by atoms with Gasteiger partial charge in [0.25, 0.3) is 5.91 Å². The molecular weight excluding hydrogens is 582 g/mol. The SMILES string of the molecule is CCCCC(=O)N1CCCC1.Cn1cc(C2CN(C=O)C2)c(C#N)n1.NC(=O)c1cc2cc(C(F)P(O)O)ccc2s1. The van der Waals surface area contributed by atoms with E-state index in [4.69, 9.17) is 20.8 Å². The van der Waals surface area contributed by atoms with Crippen LogP contribution in [0.4, 0.5) is 4.39 Å². The molecule has 5 rings (SSSR count). The molecule has 0 aliphatic carbocycles. The van der Waals surface area contributed by atoms with Crippen LogP contribution in [0, 0.1) is 11.3 Å².